The third-order valence-electron chi connectivity index (χ3n) is 4.51. The highest BCUT2D eigenvalue weighted by molar-refractivity contribution is 5.93. The first-order valence-corrected chi connectivity index (χ1v) is 10.1. The van der Waals surface area contributed by atoms with Gasteiger partial charge in [-0.2, -0.15) is 0 Å². The number of carbonyl (C=O) groups is 1. The van der Waals surface area contributed by atoms with Crippen LogP contribution >= 0.6 is 0 Å². The van der Waals surface area contributed by atoms with E-state index in [2.05, 4.69) is 15.6 Å². The summed E-state index contributed by atoms with van der Waals surface area (Å²) in [4.78, 5) is 18.1. The first-order chi connectivity index (χ1) is 13.6. The van der Waals surface area contributed by atoms with Crippen molar-refractivity contribution in [3.63, 3.8) is 0 Å². The molecule has 1 amide bonds. The molecule has 0 bridgehead atoms. The summed E-state index contributed by atoms with van der Waals surface area (Å²) in [6.45, 7) is 6.59. The molecule has 28 heavy (non-hydrogen) atoms. The van der Waals surface area contributed by atoms with E-state index in [1.807, 2.05) is 31.2 Å². The van der Waals surface area contributed by atoms with Gasteiger partial charge < -0.3 is 25.0 Å². The molecule has 1 fully saturated rings. The van der Waals surface area contributed by atoms with Crippen LogP contribution in [-0.2, 0) is 16.0 Å². The van der Waals surface area contributed by atoms with Crippen LogP contribution in [0.25, 0.3) is 0 Å². The van der Waals surface area contributed by atoms with E-state index >= 15 is 0 Å². The number of benzene rings is 1. The first kappa shape index (κ1) is 22.2. The molecule has 1 aliphatic rings. The van der Waals surface area contributed by atoms with E-state index in [1.54, 1.807) is 19.0 Å². The van der Waals surface area contributed by atoms with Crippen molar-refractivity contribution in [1.29, 1.82) is 0 Å². The molecule has 2 N–H and O–H groups in total. The molecular weight excluding hydrogens is 356 g/mol. The summed E-state index contributed by atoms with van der Waals surface area (Å²) < 4.78 is 11.2. The molecule has 7 nitrogen and oxygen atoms in total. The molecule has 156 valence electrons. The number of amides is 1. The maximum absolute atomic E-state index is 11.9. The van der Waals surface area contributed by atoms with Crippen molar-refractivity contribution in [1.82, 2.24) is 15.5 Å². The van der Waals surface area contributed by atoms with E-state index in [9.17, 15) is 4.79 Å². The van der Waals surface area contributed by atoms with Crippen molar-refractivity contribution in [2.75, 3.05) is 47.0 Å². The second-order valence-corrected chi connectivity index (χ2v) is 7.05. The van der Waals surface area contributed by atoms with E-state index < -0.39 is 0 Å². The summed E-state index contributed by atoms with van der Waals surface area (Å²) in [5.41, 5.74) is 1.75. The Morgan fingerprint density at radius 3 is 2.57 bits per heavy atom. The maximum Gasteiger partial charge on any atom is 0.253 e. The maximum atomic E-state index is 11.9. The Morgan fingerprint density at radius 1 is 1.21 bits per heavy atom. The molecule has 0 spiro atoms. The third kappa shape index (κ3) is 7.86. The highest BCUT2D eigenvalue weighted by atomic mass is 16.5. The Hall–Kier alpha value is -2.12. The molecule has 0 radical (unpaired) electrons. The largest absolute Gasteiger partial charge is 0.381 e. The van der Waals surface area contributed by atoms with Crippen LogP contribution in [0.4, 0.5) is 0 Å². The Bertz CT molecular complexity index is 611. The lowest BCUT2D eigenvalue weighted by Gasteiger charge is -2.22. The van der Waals surface area contributed by atoms with Gasteiger partial charge in [0.05, 0.1) is 12.6 Å². The van der Waals surface area contributed by atoms with Gasteiger partial charge in [0.25, 0.3) is 5.91 Å². The normalized spacial score (nSPS) is 15.3. The minimum atomic E-state index is 0.00743. The van der Waals surface area contributed by atoms with Gasteiger partial charge >= 0.3 is 0 Å². The zero-order valence-electron chi connectivity index (χ0n) is 17.4. The van der Waals surface area contributed by atoms with Gasteiger partial charge in [-0.1, -0.05) is 12.1 Å². The molecule has 1 heterocycles. The smallest absolute Gasteiger partial charge is 0.253 e. The molecule has 0 saturated carbocycles. The summed E-state index contributed by atoms with van der Waals surface area (Å²) in [6, 6.07) is 7.60. The molecule has 1 saturated heterocycles. The Balaban J connectivity index is 1.74. The Morgan fingerprint density at radius 2 is 1.93 bits per heavy atom. The van der Waals surface area contributed by atoms with Crippen LogP contribution in [0.15, 0.2) is 29.3 Å². The van der Waals surface area contributed by atoms with Crippen LogP contribution in [0.5, 0.6) is 0 Å². The number of nitrogens with zero attached hydrogens (tertiary/aromatic N) is 2. The van der Waals surface area contributed by atoms with Crippen molar-refractivity contribution >= 4 is 11.9 Å². The van der Waals surface area contributed by atoms with Gasteiger partial charge in [-0.15, -0.1) is 0 Å². The lowest BCUT2D eigenvalue weighted by molar-refractivity contribution is -0.0320. The quantitative estimate of drug-likeness (QED) is 0.383. The minimum absolute atomic E-state index is 0.00743. The molecule has 0 aromatic heterocycles. The molecule has 0 aliphatic carbocycles. The highest BCUT2D eigenvalue weighted by Gasteiger charge is 2.13. The molecule has 1 aromatic carbocycles. The number of ether oxygens (including phenoxy) is 2. The van der Waals surface area contributed by atoms with Crippen LogP contribution in [-0.4, -0.2) is 69.9 Å². The molecular formula is C21H34N4O3. The van der Waals surface area contributed by atoms with Crippen molar-refractivity contribution in [2.45, 2.75) is 38.8 Å². The zero-order valence-corrected chi connectivity index (χ0v) is 17.4. The standard InChI is InChI=1S/C21H34N4O3/c1-4-22-21(23-12-5-13-28-19-10-14-27-15-11-19)24-16-17-6-8-18(9-7-17)20(26)25(2)3/h6-9,19H,4-5,10-16H2,1-3H3,(H2,22,23,24). The Kier molecular flexibility index (Phi) is 9.79. The number of carbonyl (C=O) groups excluding carboxylic acids is 1. The van der Waals surface area contributed by atoms with Gasteiger partial charge in [0, 0.05) is 52.6 Å². The van der Waals surface area contributed by atoms with Gasteiger partial charge in [-0.05, 0) is 43.9 Å². The van der Waals surface area contributed by atoms with Gasteiger partial charge in [0.2, 0.25) is 0 Å². The predicted molar refractivity (Wildman–Crippen MR) is 112 cm³/mol. The predicted octanol–water partition coefficient (Wildman–Crippen LogP) is 2.03. The molecule has 7 heteroatoms. The summed E-state index contributed by atoms with van der Waals surface area (Å²) in [6.07, 6.45) is 3.27. The highest BCUT2D eigenvalue weighted by Crippen LogP contribution is 2.10. The van der Waals surface area contributed by atoms with Crippen molar-refractivity contribution in [3.8, 4) is 0 Å². The van der Waals surface area contributed by atoms with E-state index in [0.29, 0.717) is 18.2 Å². The minimum Gasteiger partial charge on any atom is -0.381 e. The average molecular weight is 391 g/mol. The fourth-order valence-electron chi connectivity index (χ4n) is 2.89. The molecule has 1 aromatic rings. The summed E-state index contributed by atoms with van der Waals surface area (Å²) in [5, 5.41) is 6.61. The summed E-state index contributed by atoms with van der Waals surface area (Å²) in [5.74, 6) is 0.801. The first-order valence-electron chi connectivity index (χ1n) is 10.1. The molecule has 1 aliphatic heterocycles. The number of rotatable bonds is 9. The molecule has 0 atom stereocenters. The number of hydrogen-bond donors (Lipinski definition) is 2. The second kappa shape index (κ2) is 12.4. The van der Waals surface area contributed by atoms with Crippen LogP contribution in [0.2, 0.25) is 0 Å². The second-order valence-electron chi connectivity index (χ2n) is 7.05. The SMILES string of the molecule is CCNC(=NCc1ccc(C(=O)N(C)C)cc1)NCCCOC1CCOCC1. The fourth-order valence-corrected chi connectivity index (χ4v) is 2.89. The fraction of sp³-hybridized carbons (Fsp3) is 0.619. The number of hydrogen-bond acceptors (Lipinski definition) is 4. The summed E-state index contributed by atoms with van der Waals surface area (Å²) >= 11 is 0. The van der Waals surface area contributed by atoms with Crippen LogP contribution in [0, 0.1) is 0 Å². The zero-order chi connectivity index (χ0) is 20.2. The van der Waals surface area contributed by atoms with Crippen molar-refractivity contribution in [2.24, 2.45) is 4.99 Å². The van der Waals surface area contributed by atoms with E-state index in [0.717, 1.165) is 63.7 Å². The van der Waals surface area contributed by atoms with E-state index in [4.69, 9.17) is 9.47 Å². The van der Waals surface area contributed by atoms with Crippen LogP contribution in [0.1, 0.15) is 42.1 Å². The van der Waals surface area contributed by atoms with E-state index in [-0.39, 0.29) is 5.91 Å². The van der Waals surface area contributed by atoms with Crippen LogP contribution < -0.4 is 10.6 Å². The van der Waals surface area contributed by atoms with Gasteiger partial charge in [0.15, 0.2) is 5.96 Å². The van der Waals surface area contributed by atoms with Crippen molar-refractivity contribution < 1.29 is 14.3 Å². The van der Waals surface area contributed by atoms with Gasteiger partial charge in [-0.25, -0.2) is 4.99 Å². The summed E-state index contributed by atoms with van der Waals surface area (Å²) in [7, 11) is 3.51. The lowest BCUT2D eigenvalue weighted by atomic mass is 10.1. The number of aliphatic imine (C=N–C) groups is 1. The van der Waals surface area contributed by atoms with Crippen LogP contribution in [0.3, 0.4) is 0 Å². The molecule has 0 unspecified atom stereocenters. The molecule has 2 rings (SSSR count). The van der Waals surface area contributed by atoms with Gasteiger partial charge in [-0.3, -0.25) is 4.79 Å². The number of guanidine groups is 1. The van der Waals surface area contributed by atoms with Crippen molar-refractivity contribution in [3.05, 3.63) is 35.4 Å². The third-order valence-corrected chi connectivity index (χ3v) is 4.51. The average Bonchev–Trinajstić information content (AvgIpc) is 2.72. The van der Waals surface area contributed by atoms with Gasteiger partial charge in [0.1, 0.15) is 0 Å². The lowest BCUT2D eigenvalue weighted by Crippen LogP contribution is -2.38. The topological polar surface area (TPSA) is 75.2 Å². The Labute approximate surface area is 168 Å². The van der Waals surface area contributed by atoms with E-state index in [1.165, 1.54) is 0 Å². The monoisotopic (exact) mass is 390 g/mol. The number of nitrogens with one attached hydrogen (secondary N) is 2.